The summed E-state index contributed by atoms with van der Waals surface area (Å²) in [6.07, 6.45) is 9.75. The molecule has 0 spiro atoms. The molecule has 3 aromatic rings. The molecule has 0 radical (unpaired) electrons. The Labute approximate surface area is 226 Å². The lowest BCUT2D eigenvalue weighted by Gasteiger charge is -2.45. The van der Waals surface area contributed by atoms with E-state index in [1.165, 1.54) is 23.9 Å². The van der Waals surface area contributed by atoms with E-state index in [0.29, 0.717) is 18.1 Å². The highest BCUT2D eigenvalue weighted by atomic mass is 19.1. The number of hydrogen-bond acceptors (Lipinski definition) is 7. The summed E-state index contributed by atoms with van der Waals surface area (Å²) in [5.74, 6) is 0.193. The van der Waals surface area contributed by atoms with Crippen molar-refractivity contribution in [2.45, 2.75) is 52.4 Å². The average molecular weight is 531 g/mol. The molecule has 2 N–H and O–H groups in total. The van der Waals surface area contributed by atoms with Crippen LogP contribution < -0.4 is 10.7 Å². The molecule has 10 heteroatoms. The average Bonchev–Trinajstić information content (AvgIpc) is 3.68. The van der Waals surface area contributed by atoms with E-state index < -0.39 is 17.0 Å². The van der Waals surface area contributed by atoms with Crippen LogP contribution in [0.25, 0.3) is 11.6 Å². The molecule has 39 heavy (non-hydrogen) atoms. The molecular formula is C29H32F2N8. The fourth-order valence-electron chi connectivity index (χ4n) is 5.62. The topological polar surface area (TPSA) is 93.7 Å². The molecular weight excluding hydrogens is 498 g/mol. The van der Waals surface area contributed by atoms with E-state index in [2.05, 4.69) is 53.5 Å². The summed E-state index contributed by atoms with van der Waals surface area (Å²) in [6.45, 7) is 8.60. The van der Waals surface area contributed by atoms with Gasteiger partial charge in [-0.25, -0.2) is 23.7 Å². The lowest BCUT2D eigenvalue weighted by atomic mass is 9.68. The van der Waals surface area contributed by atoms with Crippen molar-refractivity contribution < 1.29 is 8.78 Å². The van der Waals surface area contributed by atoms with Gasteiger partial charge in [0.15, 0.2) is 5.82 Å². The summed E-state index contributed by atoms with van der Waals surface area (Å²) in [5, 5.41) is 9.53. The van der Waals surface area contributed by atoms with Crippen molar-refractivity contribution in [3.05, 3.63) is 94.7 Å². The molecule has 4 heterocycles. The van der Waals surface area contributed by atoms with Crippen molar-refractivity contribution in [2.75, 3.05) is 7.05 Å². The number of hydrazine groups is 1. The minimum absolute atomic E-state index is 0.0400. The van der Waals surface area contributed by atoms with E-state index in [4.69, 9.17) is 4.98 Å². The highest BCUT2D eigenvalue weighted by Crippen LogP contribution is 2.46. The van der Waals surface area contributed by atoms with Crippen molar-refractivity contribution in [3.63, 3.8) is 0 Å². The Balaban J connectivity index is 1.36. The third kappa shape index (κ3) is 4.37. The van der Waals surface area contributed by atoms with Crippen molar-refractivity contribution in [2.24, 2.45) is 11.3 Å². The standard InChI is InChI=1S/C29H32F2N8/c1-17-9-11-29(4,26-18(17)13-21(38(5)37-26)25-19(30)7-6-8-20(25)31)22-10-12-32-27(35-22)39-16-34-24(36-39)14-28(2,3)23-15-33-23/h6-8,10,12-13,15-17,33,37H,9,11,14H2,1-5H3/t17-,29+/m0/s1. The van der Waals surface area contributed by atoms with Gasteiger partial charge in [-0.1, -0.05) is 26.8 Å². The Morgan fingerprint density at radius 1 is 1.15 bits per heavy atom. The van der Waals surface area contributed by atoms with E-state index in [9.17, 15) is 8.78 Å². The monoisotopic (exact) mass is 530 g/mol. The molecule has 2 aliphatic heterocycles. The number of rotatable bonds is 6. The molecule has 2 aromatic heterocycles. The maximum Gasteiger partial charge on any atom is 0.252 e. The minimum Gasteiger partial charge on any atom is -0.362 e. The summed E-state index contributed by atoms with van der Waals surface area (Å²) in [7, 11) is 1.78. The van der Waals surface area contributed by atoms with E-state index in [1.54, 1.807) is 29.3 Å². The van der Waals surface area contributed by atoms with Crippen LogP contribution in [-0.2, 0) is 11.8 Å². The van der Waals surface area contributed by atoms with E-state index >= 15 is 0 Å². The second-order valence-corrected chi connectivity index (χ2v) is 11.5. The lowest BCUT2D eigenvalue weighted by molar-refractivity contribution is 0.289. The Kier molecular flexibility index (Phi) is 5.82. The van der Waals surface area contributed by atoms with Gasteiger partial charge < -0.3 is 10.7 Å². The lowest BCUT2D eigenvalue weighted by Crippen LogP contribution is -2.47. The first kappa shape index (κ1) is 25.2. The van der Waals surface area contributed by atoms with Gasteiger partial charge in [-0.15, -0.1) is 5.10 Å². The highest BCUT2D eigenvalue weighted by molar-refractivity contribution is 5.70. The van der Waals surface area contributed by atoms with E-state index in [-0.39, 0.29) is 16.9 Å². The third-order valence-corrected chi connectivity index (χ3v) is 8.17. The van der Waals surface area contributed by atoms with Crippen molar-refractivity contribution in [3.8, 4) is 5.95 Å². The van der Waals surface area contributed by atoms with Crippen molar-refractivity contribution in [1.29, 1.82) is 0 Å². The highest BCUT2D eigenvalue weighted by Gasteiger charge is 2.42. The van der Waals surface area contributed by atoms with Gasteiger partial charge >= 0.3 is 0 Å². The van der Waals surface area contributed by atoms with Crippen LogP contribution in [0.5, 0.6) is 0 Å². The fraction of sp³-hybridized carbons (Fsp3) is 0.379. The summed E-state index contributed by atoms with van der Waals surface area (Å²) < 4.78 is 31.0. The third-order valence-electron chi connectivity index (χ3n) is 8.17. The molecule has 6 rings (SSSR count). The SMILES string of the molecule is C[C@H]1CC[C@](C)(c2ccnc(-n3cnc(CC(C)(C)C4=CN4)n3)n2)C2=C1C=C(c1c(F)cccc1F)N(C)N2. The van der Waals surface area contributed by atoms with Crippen LogP contribution in [0.1, 0.15) is 57.6 Å². The maximum atomic E-state index is 14.7. The van der Waals surface area contributed by atoms with Crippen LogP contribution in [-0.4, -0.2) is 36.8 Å². The zero-order valence-electron chi connectivity index (χ0n) is 22.8. The number of benzene rings is 1. The molecule has 0 saturated heterocycles. The van der Waals surface area contributed by atoms with E-state index in [1.807, 2.05) is 18.3 Å². The van der Waals surface area contributed by atoms with E-state index in [0.717, 1.165) is 35.6 Å². The summed E-state index contributed by atoms with van der Waals surface area (Å²) in [6, 6.07) is 5.87. The van der Waals surface area contributed by atoms with Crippen molar-refractivity contribution in [1.82, 2.24) is 40.5 Å². The first-order valence-electron chi connectivity index (χ1n) is 13.2. The molecule has 0 amide bonds. The molecule has 202 valence electrons. The van der Waals surface area contributed by atoms with Gasteiger partial charge in [0.25, 0.3) is 5.95 Å². The smallest absolute Gasteiger partial charge is 0.252 e. The van der Waals surface area contributed by atoms with Crippen LogP contribution in [0, 0.1) is 23.0 Å². The summed E-state index contributed by atoms with van der Waals surface area (Å²) in [4.78, 5) is 13.9. The van der Waals surface area contributed by atoms with Gasteiger partial charge in [0.2, 0.25) is 0 Å². The van der Waals surface area contributed by atoms with Crippen LogP contribution in [0.2, 0.25) is 0 Å². The van der Waals surface area contributed by atoms with Gasteiger partial charge in [-0.05, 0) is 55.5 Å². The normalized spacial score (nSPS) is 22.5. The van der Waals surface area contributed by atoms with Crippen LogP contribution in [0.3, 0.4) is 0 Å². The Bertz CT molecular complexity index is 1530. The molecule has 1 aliphatic carbocycles. The first-order chi connectivity index (χ1) is 18.6. The number of nitrogens with zero attached hydrogens (tertiary/aromatic N) is 6. The molecule has 0 fully saturated rings. The molecule has 0 saturated carbocycles. The van der Waals surface area contributed by atoms with Gasteiger partial charge in [0.1, 0.15) is 18.0 Å². The minimum atomic E-state index is -0.591. The predicted octanol–water partition coefficient (Wildman–Crippen LogP) is 4.78. The van der Waals surface area contributed by atoms with Crippen LogP contribution in [0.15, 0.2) is 66.0 Å². The zero-order valence-corrected chi connectivity index (χ0v) is 22.8. The fourth-order valence-corrected chi connectivity index (χ4v) is 5.62. The molecule has 0 unspecified atom stereocenters. The number of allylic oxidation sites excluding steroid dienone is 4. The Morgan fingerprint density at radius 2 is 1.90 bits per heavy atom. The van der Waals surface area contributed by atoms with Gasteiger partial charge in [-0.3, -0.25) is 5.01 Å². The number of halogens is 2. The Hall–Kier alpha value is -4.08. The van der Waals surface area contributed by atoms with Gasteiger partial charge in [0, 0.05) is 42.7 Å². The number of aromatic nitrogens is 5. The Morgan fingerprint density at radius 3 is 2.62 bits per heavy atom. The van der Waals surface area contributed by atoms with Crippen molar-refractivity contribution >= 4 is 5.70 Å². The number of hydrogen-bond donors (Lipinski definition) is 2. The second-order valence-electron chi connectivity index (χ2n) is 11.5. The largest absolute Gasteiger partial charge is 0.362 e. The molecule has 3 aliphatic rings. The maximum absolute atomic E-state index is 14.7. The summed E-state index contributed by atoms with van der Waals surface area (Å²) >= 11 is 0. The van der Waals surface area contributed by atoms with Crippen LogP contribution in [0.4, 0.5) is 8.78 Å². The number of nitrogens with one attached hydrogen (secondary N) is 2. The first-order valence-corrected chi connectivity index (χ1v) is 13.2. The molecule has 8 nitrogen and oxygen atoms in total. The second kappa shape index (κ2) is 9.00. The van der Waals surface area contributed by atoms with Crippen LogP contribution >= 0.6 is 0 Å². The summed E-state index contributed by atoms with van der Waals surface area (Å²) in [5.41, 5.74) is 7.35. The molecule has 1 aromatic carbocycles. The van der Waals surface area contributed by atoms with Gasteiger partial charge in [0.05, 0.1) is 22.4 Å². The van der Waals surface area contributed by atoms with Gasteiger partial charge in [-0.2, -0.15) is 4.68 Å². The zero-order chi connectivity index (χ0) is 27.5. The molecule has 2 atom stereocenters. The predicted molar refractivity (Wildman–Crippen MR) is 144 cm³/mol. The quantitative estimate of drug-likeness (QED) is 0.474. The molecule has 0 bridgehead atoms.